The normalized spacial score (nSPS) is 11.1. The van der Waals surface area contributed by atoms with Crippen molar-refractivity contribution < 1.29 is 4.79 Å². The van der Waals surface area contributed by atoms with Crippen LogP contribution in [0.2, 0.25) is 0 Å². The lowest BCUT2D eigenvalue weighted by molar-refractivity contribution is 0.256. The largest absolute Gasteiger partial charge is 0.369 e. The van der Waals surface area contributed by atoms with E-state index in [1.54, 1.807) is 12.1 Å². The molecule has 0 saturated heterocycles. The van der Waals surface area contributed by atoms with E-state index in [0.29, 0.717) is 10.8 Å². The number of anilines is 1. The van der Waals surface area contributed by atoms with Crippen molar-refractivity contribution in [3.63, 3.8) is 0 Å². The molecule has 6 nitrogen and oxygen atoms in total. The summed E-state index contributed by atoms with van der Waals surface area (Å²) in [7, 11) is 0. The fourth-order valence-corrected chi connectivity index (χ4v) is 2.00. The number of hydrogen-bond acceptors (Lipinski definition) is 4. The Kier molecular flexibility index (Phi) is 4.09. The molecular formula is C12H13N5OS. The van der Waals surface area contributed by atoms with Gasteiger partial charge in [-0.2, -0.15) is 4.99 Å². The third-order valence-electron chi connectivity index (χ3n) is 2.10. The Bertz CT molecular complexity index is 593. The van der Waals surface area contributed by atoms with Crippen molar-refractivity contribution in [2.45, 2.75) is 6.92 Å². The van der Waals surface area contributed by atoms with Crippen LogP contribution in [0.1, 0.15) is 5.69 Å². The lowest BCUT2D eigenvalue weighted by Gasteiger charge is -2.05. The number of nitrogens with one attached hydrogen (secondary N) is 2. The lowest BCUT2D eigenvalue weighted by Crippen LogP contribution is -2.39. The van der Waals surface area contributed by atoms with E-state index in [1.807, 2.05) is 30.5 Å². The highest BCUT2D eigenvalue weighted by molar-refractivity contribution is 7.13. The summed E-state index contributed by atoms with van der Waals surface area (Å²) in [6.07, 6.45) is 0. The number of guanidine groups is 1. The first-order valence-corrected chi connectivity index (χ1v) is 6.41. The number of urea groups is 1. The molecule has 98 valence electrons. The van der Waals surface area contributed by atoms with Gasteiger partial charge in [0.2, 0.25) is 11.1 Å². The third-order valence-corrected chi connectivity index (χ3v) is 2.95. The van der Waals surface area contributed by atoms with Crippen LogP contribution in [0, 0.1) is 6.92 Å². The predicted octanol–water partition coefficient (Wildman–Crippen LogP) is 2.22. The van der Waals surface area contributed by atoms with Crippen LogP contribution in [0.3, 0.4) is 0 Å². The standard InChI is InChI=1S/C12H13N5OS/c1-8-7-19-12(14-8)17-10(13)16-11(18)15-9-5-3-2-4-6-9/h2-7H,1H3,(H4,13,14,15,16,17,18). The van der Waals surface area contributed by atoms with Gasteiger partial charge in [0.1, 0.15) is 0 Å². The van der Waals surface area contributed by atoms with Crippen molar-refractivity contribution in [3.8, 4) is 0 Å². The van der Waals surface area contributed by atoms with E-state index < -0.39 is 6.03 Å². The summed E-state index contributed by atoms with van der Waals surface area (Å²) in [6.45, 7) is 1.86. The quantitative estimate of drug-likeness (QED) is 0.579. The smallest absolute Gasteiger partial charge is 0.325 e. The van der Waals surface area contributed by atoms with Crippen LogP contribution in [0.25, 0.3) is 0 Å². The number of aryl methyl sites for hydroxylation is 1. The molecule has 0 aliphatic rings. The molecule has 0 spiro atoms. The fourth-order valence-electron chi connectivity index (χ4n) is 1.32. The van der Waals surface area contributed by atoms with Gasteiger partial charge in [-0.15, -0.1) is 11.3 Å². The Morgan fingerprint density at radius 3 is 2.74 bits per heavy atom. The zero-order chi connectivity index (χ0) is 13.7. The van der Waals surface area contributed by atoms with E-state index in [9.17, 15) is 4.79 Å². The van der Waals surface area contributed by atoms with Crippen molar-refractivity contribution in [1.82, 2.24) is 10.3 Å². The summed E-state index contributed by atoms with van der Waals surface area (Å²) in [5, 5.41) is 7.43. The molecule has 0 aliphatic heterocycles. The van der Waals surface area contributed by atoms with Gasteiger partial charge in [0.05, 0.1) is 5.69 Å². The number of carbonyl (C=O) groups is 1. The molecule has 0 radical (unpaired) electrons. The van der Waals surface area contributed by atoms with Gasteiger partial charge in [0, 0.05) is 11.1 Å². The summed E-state index contributed by atoms with van der Waals surface area (Å²) in [5.74, 6) is 0.00258. The molecular weight excluding hydrogens is 262 g/mol. The Balaban J connectivity index is 1.93. The minimum atomic E-state index is -0.444. The first-order valence-electron chi connectivity index (χ1n) is 5.53. The molecule has 0 bridgehead atoms. The number of nitrogens with zero attached hydrogens (tertiary/aromatic N) is 2. The van der Waals surface area contributed by atoms with Crippen LogP contribution < -0.4 is 16.4 Å². The second-order valence-corrected chi connectivity index (χ2v) is 4.55. The number of benzene rings is 1. The number of nitrogens with two attached hydrogens (primary N) is 1. The van der Waals surface area contributed by atoms with Gasteiger partial charge in [-0.3, -0.25) is 5.32 Å². The second kappa shape index (κ2) is 5.96. The highest BCUT2D eigenvalue weighted by Crippen LogP contribution is 2.17. The molecule has 19 heavy (non-hydrogen) atoms. The summed E-state index contributed by atoms with van der Waals surface area (Å²) in [6, 6.07) is 8.62. The molecule has 0 unspecified atom stereocenters. The SMILES string of the molecule is Cc1csc(/N=C(\N)NC(=O)Nc2ccccc2)n1. The zero-order valence-corrected chi connectivity index (χ0v) is 11.1. The van der Waals surface area contributed by atoms with Crippen molar-refractivity contribution in [3.05, 3.63) is 41.4 Å². The number of para-hydroxylation sites is 1. The van der Waals surface area contributed by atoms with E-state index in [2.05, 4.69) is 20.6 Å². The summed E-state index contributed by atoms with van der Waals surface area (Å²) >= 11 is 1.36. The Labute approximate surface area is 114 Å². The molecule has 1 heterocycles. The van der Waals surface area contributed by atoms with Crippen LogP contribution in [0.4, 0.5) is 15.6 Å². The van der Waals surface area contributed by atoms with Crippen LogP contribution in [-0.4, -0.2) is 17.0 Å². The maximum atomic E-state index is 11.6. The van der Waals surface area contributed by atoms with Gasteiger partial charge in [0.15, 0.2) is 0 Å². The van der Waals surface area contributed by atoms with Crippen molar-refractivity contribution in [2.24, 2.45) is 10.7 Å². The number of rotatable bonds is 2. The lowest BCUT2D eigenvalue weighted by atomic mass is 10.3. The van der Waals surface area contributed by atoms with E-state index in [0.717, 1.165) is 5.69 Å². The molecule has 2 amide bonds. The van der Waals surface area contributed by atoms with Gasteiger partial charge in [-0.05, 0) is 19.1 Å². The molecule has 2 rings (SSSR count). The highest BCUT2D eigenvalue weighted by atomic mass is 32.1. The van der Waals surface area contributed by atoms with E-state index >= 15 is 0 Å². The maximum Gasteiger partial charge on any atom is 0.325 e. The highest BCUT2D eigenvalue weighted by Gasteiger charge is 2.04. The molecule has 0 aliphatic carbocycles. The number of hydrogen-bond donors (Lipinski definition) is 3. The average molecular weight is 275 g/mol. The Morgan fingerprint density at radius 1 is 1.37 bits per heavy atom. The zero-order valence-electron chi connectivity index (χ0n) is 10.3. The minimum absolute atomic E-state index is 0.00258. The molecule has 1 aromatic heterocycles. The first kappa shape index (κ1) is 13.0. The van der Waals surface area contributed by atoms with Crippen molar-refractivity contribution >= 4 is 34.1 Å². The molecule has 0 fully saturated rings. The molecule has 7 heteroatoms. The molecule has 0 atom stereocenters. The van der Waals surface area contributed by atoms with Gasteiger partial charge in [-0.1, -0.05) is 18.2 Å². The molecule has 2 aromatic rings. The first-order chi connectivity index (χ1) is 9.13. The Hall–Kier alpha value is -2.41. The summed E-state index contributed by atoms with van der Waals surface area (Å²) < 4.78 is 0. The topological polar surface area (TPSA) is 92.4 Å². The maximum absolute atomic E-state index is 11.6. The van der Waals surface area contributed by atoms with Crippen LogP contribution >= 0.6 is 11.3 Å². The number of thiazole rings is 1. The van der Waals surface area contributed by atoms with E-state index in [1.165, 1.54) is 11.3 Å². The minimum Gasteiger partial charge on any atom is -0.369 e. The van der Waals surface area contributed by atoms with Crippen LogP contribution in [0.5, 0.6) is 0 Å². The number of aliphatic imine (C=N–C) groups is 1. The molecule has 0 saturated carbocycles. The van der Waals surface area contributed by atoms with Gasteiger partial charge >= 0.3 is 6.03 Å². The van der Waals surface area contributed by atoms with Gasteiger partial charge in [0.25, 0.3) is 0 Å². The fraction of sp³-hybridized carbons (Fsp3) is 0.0833. The van der Waals surface area contributed by atoms with E-state index in [4.69, 9.17) is 5.73 Å². The van der Waals surface area contributed by atoms with E-state index in [-0.39, 0.29) is 5.96 Å². The van der Waals surface area contributed by atoms with Crippen molar-refractivity contribution in [2.75, 3.05) is 5.32 Å². The Morgan fingerprint density at radius 2 is 2.11 bits per heavy atom. The molecule has 4 N–H and O–H groups in total. The monoisotopic (exact) mass is 275 g/mol. The van der Waals surface area contributed by atoms with Crippen LogP contribution in [-0.2, 0) is 0 Å². The number of amides is 2. The van der Waals surface area contributed by atoms with Gasteiger partial charge in [-0.25, -0.2) is 9.78 Å². The summed E-state index contributed by atoms with van der Waals surface area (Å²) in [5.41, 5.74) is 7.16. The third kappa shape index (κ3) is 4.07. The average Bonchev–Trinajstić information content (AvgIpc) is 2.75. The summed E-state index contributed by atoms with van der Waals surface area (Å²) in [4.78, 5) is 19.7. The second-order valence-electron chi connectivity index (χ2n) is 3.71. The van der Waals surface area contributed by atoms with Crippen molar-refractivity contribution in [1.29, 1.82) is 0 Å². The predicted molar refractivity (Wildman–Crippen MR) is 76.7 cm³/mol. The number of aromatic nitrogens is 1. The molecule has 1 aromatic carbocycles. The van der Waals surface area contributed by atoms with Gasteiger partial charge < -0.3 is 11.1 Å². The number of carbonyl (C=O) groups excluding carboxylic acids is 1. The van der Waals surface area contributed by atoms with Crippen LogP contribution in [0.15, 0.2) is 40.7 Å².